The zero-order valence-corrected chi connectivity index (χ0v) is 13.4. The van der Waals surface area contributed by atoms with E-state index < -0.39 is 28.9 Å². The van der Waals surface area contributed by atoms with Gasteiger partial charge in [-0.2, -0.15) is 26.3 Å². The minimum atomic E-state index is -4.76. The molecule has 0 aliphatic rings. The first kappa shape index (κ1) is 19.0. The van der Waals surface area contributed by atoms with Crippen LogP contribution in [-0.2, 0) is 17.8 Å². The van der Waals surface area contributed by atoms with E-state index >= 15 is 0 Å². The highest BCUT2D eigenvalue weighted by atomic mass is 19.4. The Bertz CT molecular complexity index is 725. The van der Waals surface area contributed by atoms with Crippen molar-refractivity contribution in [1.82, 2.24) is 0 Å². The Morgan fingerprint density at radius 1 is 0.600 bits per heavy atom. The number of halogens is 6. The van der Waals surface area contributed by atoms with Gasteiger partial charge in [-0.25, -0.2) is 0 Å². The molecule has 0 aromatic heterocycles. The van der Waals surface area contributed by atoms with E-state index in [-0.39, 0.29) is 22.5 Å². The van der Waals surface area contributed by atoms with Crippen LogP contribution >= 0.6 is 0 Å². The Morgan fingerprint density at radius 2 is 0.920 bits per heavy atom. The number of hydrogen-bond donors (Lipinski definition) is 2. The van der Waals surface area contributed by atoms with Crippen molar-refractivity contribution in [2.75, 3.05) is 11.5 Å². The van der Waals surface area contributed by atoms with Gasteiger partial charge in [-0.05, 0) is 35.4 Å². The average molecular weight is 362 g/mol. The summed E-state index contributed by atoms with van der Waals surface area (Å²) in [6.45, 7) is 2.60. The van der Waals surface area contributed by atoms with Crippen molar-refractivity contribution in [2.24, 2.45) is 0 Å². The normalized spacial score (nSPS) is 13.1. The monoisotopic (exact) mass is 362 g/mol. The Hall–Kier alpha value is -2.38. The summed E-state index contributed by atoms with van der Waals surface area (Å²) in [5, 5.41) is 0. The molecule has 0 bridgehead atoms. The van der Waals surface area contributed by atoms with Crippen LogP contribution in [0.5, 0.6) is 0 Å². The first-order valence-corrected chi connectivity index (χ1v) is 7.19. The summed E-state index contributed by atoms with van der Waals surface area (Å²) in [5.41, 5.74) is 6.28. The predicted octanol–water partition coefficient (Wildman–Crippen LogP) is 5.21. The lowest BCUT2D eigenvalue weighted by atomic mass is 9.74. The van der Waals surface area contributed by atoms with Gasteiger partial charge >= 0.3 is 12.4 Å². The number of benzene rings is 2. The molecule has 0 saturated carbocycles. The van der Waals surface area contributed by atoms with Gasteiger partial charge in [0.1, 0.15) is 0 Å². The van der Waals surface area contributed by atoms with Gasteiger partial charge < -0.3 is 11.5 Å². The van der Waals surface area contributed by atoms with E-state index in [1.54, 1.807) is 0 Å². The minimum Gasteiger partial charge on any atom is -0.399 e. The zero-order chi connectivity index (χ0) is 19.2. The van der Waals surface area contributed by atoms with Gasteiger partial charge in [0.2, 0.25) is 0 Å². The van der Waals surface area contributed by atoms with Gasteiger partial charge in [-0.1, -0.05) is 26.0 Å². The van der Waals surface area contributed by atoms with Crippen LogP contribution in [0.2, 0.25) is 0 Å². The third kappa shape index (κ3) is 3.67. The molecule has 0 aliphatic heterocycles. The first-order valence-electron chi connectivity index (χ1n) is 7.19. The molecule has 2 nitrogen and oxygen atoms in total. The third-order valence-corrected chi connectivity index (χ3v) is 4.04. The molecular weight excluding hydrogens is 346 g/mol. The zero-order valence-electron chi connectivity index (χ0n) is 13.4. The number of hydrogen-bond acceptors (Lipinski definition) is 2. The Balaban J connectivity index is 2.77. The average Bonchev–Trinajstić information content (AvgIpc) is 2.44. The lowest BCUT2D eigenvalue weighted by molar-refractivity contribution is -0.139. The smallest absolute Gasteiger partial charge is 0.399 e. The first-order chi connectivity index (χ1) is 11.2. The van der Waals surface area contributed by atoms with Crippen molar-refractivity contribution < 1.29 is 26.3 Å². The molecule has 8 heteroatoms. The summed E-state index contributed by atoms with van der Waals surface area (Å²) >= 11 is 0. The van der Waals surface area contributed by atoms with Crippen molar-refractivity contribution >= 4 is 11.4 Å². The molecule has 0 fully saturated rings. The molecule has 0 heterocycles. The largest absolute Gasteiger partial charge is 0.416 e. The summed E-state index contributed by atoms with van der Waals surface area (Å²) in [6.07, 6.45) is -9.51. The van der Waals surface area contributed by atoms with Crippen LogP contribution in [-0.4, -0.2) is 0 Å². The Labute approximate surface area is 140 Å². The fraction of sp³-hybridized carbons (Fsp3) is 0.294. The number of nitrogen functional groups attached to an aromatic ring is 2. The van der Waals surface area contributed by atoms with Crippen LogP contribution in [0.15, 0.2) is 36.4 Å². The highest BCUT2D eigenvalue weighted by Gasteiger charge is 2.42. The molecule has 2 aromatic carbocycles. The van der Waals surface area contributed by atoms with Gasteiger partial charge in [0.15, 0.2) is 0 Å². The van der Waals surface area contributed by atoms with Gasteiger partial charge in [0, 0.05) is 16.8 Å². The molecule has 0 radical (unpaired) electrons. The van der Waals surface area contributed by atoms with E-state index in [1.807, 2.05) is 0 Å². The maximum absolute atomic E-state index is 13.4. The van der Waals surface area contributed by atoms with E-state index in [9.17, 15) is 26.3 Å². The Kier molecular flexibility index (Phi) is 4.44. The summed E-state index contributed by atoms with van der Waals surface area (Å²) < 4.78 is 80.3. The topological polar surface area (TPSA) is 52.0 Å². The fourth-order valence-electron chi connectivity index (χ4n) is 2.83. The number of rotatable bonds is 2. The second-order valence-electron chi connectivity index (χ2n) is 6.23. The van der Waals surface area contributed by atoms with E-state index in [0.29, 0.717) is 0 Å². The molecule has 0 amide bonds. The summed E-state index contributed by atoms with van der Waals surface area (Å²) in [6, 6.07) is 6.13. The number of nitrogens with two attached hydrogens (primary N) is 2. The third-order valence-electron chi connectivity index (χ3n) is 4.04. The van der Waals surface area contributed by atoms with E-state index in [1.165, 1.54) is 26.0 Å². The quantitative estimate of drug-likeness (QED) is 0.569. The molecule has 2 aromatic rings. The molecule has 0 unspecified atom stereocenters. The van der Waals surface area contributed by atoms with E-state index in [4.69, 9.17) is 11.5 Å². The molecular formula is C17H16F6N2. The van der Waals surface area contributed by atoms with E-state index in [0.717, 1.165) is 24.3 Å². The molecule has 2 rings (SSSR count). The summed E-state index contributed by atoms with van der Waals surface area (Å²) in [5.74, 6) is 0. The van der Waals surface area contributed by atoms with Gasteiger partial charge in [-0.15, -0.1) is 0 Å². The van der Waals surface area contributed by atoms with Gasteiger partial charge in [0.05, 0.1) is 11.1 Å². The molecule has 4 N–H and O–H groups in total. The van der Waals surface area contributed by atoms with Crippen LogP contribution in [0, 0.1) is 0 Å². The van der Waals surface area contributed by atoms with Crippen LogP contribution in [0.4, 0.5) is 37.7 Å². The second-order valence-corrected chi connectivity index (χ2v) is 6.23. The highest BCUT2D eigenvalue weighted by molar-refractivity contribution is 5.55. The molecule has 0 spiro atoms. The number of anilines is 2. The molecule has 25 heavy (non-hydrogen) atoms. The standard InChI is InChI=1S/C17H16F6N2/c1-15(2,11-5-3-9(24)7-13(11)16(18,19)20)12-6-4-10(25)8-14(12)17(21,22)23/h3-8H,24-25H2,1-2H3. The highest BCUT2D eigenvalue weighted by Crippen LogP contribution is 2.45. The fourth-order valence-corrected chi connectivity index (χ4v) is 2.83. The molecule has 0 atom stereocenters. The van der Waals surface area contributed by atoms with Crippen molar-refractivity contribution in [1.29, 1.82) is 0 Å². The lowest BCUT2D eigenvalue weighted by Gasteiger charge is -2.32. The molecule has 0 aliphatic carbocycles. The van der Waals surface area contributed by atoms with Gasteiger partial charge in [-0.3, -0.25) is 0 Å². The second kappa shape index (κ2) is 5.86. The van der Waals surface area contributed by atoms with Crippen molar-refractivity contribution in [3.63, 3.8) is 0 Å². The lowest BCUT2D eigenvalue weighted by Crippen LogP contribution is -2.27. The summed E-state index contributed by atoms with van der Waals surface area (Å²) in [7, 11) is 0. The maximum Gasteiger partial charge on any atom is 0.416 e. The Morgan fingerprint density at radius 3 is 1.20 bits per heavy atom. The van der Waals surface area contributed by atoms with Gasteiger partial charge in [0.25, 0.3) is 0 Å². The van der Waals surface area contributed by atoms with Crippen molar-refractivity contribution in [3.8, 4) is 0 Å². The van der Waals surface area contributed by atoms with Crippen molar-refractivity contribution in [2.45, 2.75) is 31.6 Å². The molecule has 136 valence electrons. The maximum atomic E-state index is 13.4. The van der Waals surface area contributed by atoms with Crippen LogP contribution in [0.25, 0.3) is 0 Å². The summed E-state index contributed by atoms with van der Waals surface area (Å²) in [4.78, 5) is 0. The predicted molar refractivity (Wildman–Crippen MR) is 83.8 cm³/mol. The SMILES string of the molecule is CC(C)(c1ccc(N)cc1C(F)(F)F)c1ccc(N)cc1C(F)(F)F. The minimum absolute atomic E-state index is 0.125. The van der Waals surface area contributed by atoms with Crippen LogP contribution in [0.1, 0.15) is 36.1 Å². The van der Waals surface area contributed by atoms with Crippen LogP contribution in [0.3, 0.4) is 0 Å². The van der Waals surface area contributed by atoms with Crippen LogP contribution < -0.4 is 11.5 Å². The van der Waals surface area contributed by atoms with E-state index in [2.05, 4.69) is 0 Å². The van der Waals surface area contributed by atoms with Crippen molar-refractivity contribution in [3.05, 3.63) is 58.7 Å². The molecule has 0 saturated heterocycles. The number of alkyl halides is 6.